The number of aliphatic hydroxyl groups is 1. The van der Waals surface area contributed by atoms with E-state index in [1.165, 1.54) is 12.1 Å². The van der Waals surface area contributed by atoms with Crippen molar-refractivity contribution in [3.8, 4) is 22.7 Å². The third kappa shape index (κ3) is 8.89. The fourth-order valence-electron chi connectivity index (χ4n) is 3.30. The molecule has 0 spiro atoms. The smallest absolute Gasteiger partial charge is 0.790 e. The van der Waals surface area contributed by atoms with Crippen LogP contribution in [0.3, 0.4) is 0 Å². The molecule has 3 rings (SSSR count). The normalized spacial score (nSPS) is 15.3. The van der Waals surface area contributed by atoms with Crippen molar-refractivity contribution in [2.24, 2.45) is 0 Å². The molecule has 1 aliphatic carbocycles. The average Bonchev–Trinajstić information content (AvgIpc) is 3.50. The number of carbonyl (C=O) groups is 1. The number of hydrogen-bond donors (Lipinski definition) is 1. The van der Waals surface area contributed by atoms with Crippen LogP contribution in [-0.2, 0) is 9.36 Å². The van der Waals surface area contributed by atoms with Gasteiger partial charge in [-0.15, -0.1) is 0 Å². The summed E-state index contributed by atoms with van der Waals surface area (Å²) >= 11 is 0. The number of rotatable bonds is 7. The molecule has 0 aliphatic heterocycles. The minimum atomic E-state index is -4.40. The number of hydrogen-bond acceptors (Lipinski definition) is 6. The van der Waals surface area contributed by atoms with Crippen LogP contribution >= 0.6 is 7.37 Å². The first kappa shape index (κ1) is 30.5. The summed E-state index contributed by atoms with van der Waals surface area (Å²) in [5.74, 6) is 1.09. The largest absolute Gasteiger partial charge is 1.00 e. The van der Waals surface area contributed by atoms with Crippen molar-refractivity contribution < 1.29 is 88.0 Å². The summed E-state index contributed by atoms with van der Waals surface area (Å²) in [5.41, 5.74) is 5.56. The zero-order valence-electron chi connectivity index (χ0n) is 19.3. The van der Waals surface area contributed by atoms with Crippen LogP contribution in [-0.4, -0.2) is 28.3 Å². The first-order chi connectivity index (χ1) is 14.6. The van der Waals surface area contributed by atoms with Gasteiger partial charge in [0.25, 0.3) is 0 Å². The molecule has 1 fully saturated rings. The van der Waals surface area contributed by atoms with E-state index in [2.05, 4.69) is 11.6 Å². The summed E-state index contributed by atoms with van der Waals surface area (Å²) in [6.45, 7) is 3.86. The molecule has 33 heavy (non-hydrogen) atoms. The fourth-order valence-corrected chi connectivity index (χ4v) is 4.36. The van der Waals surface area contributed by atoms with Gasteiger partial charge in [-0.1, -0.05) is 31.9 Å². The molecule has 6 nitrogen and oxygen atoms in total. The molecular weight excluding hydrogens is 466 g/mol. The van der Waals surface area contributed by atoms with Gasteiger partial charge in [-0.05, 0) is 48.2 Å². The van der Waals surface area contributed by atoms with Crippen molar-refractivity contribution in [2.45, 2.75) is 51.0 Å². The predicted molar refractivity (Wildman–Crippen MR) is 111 cm³/mol. The van der Waals surface area contributed by atoms with E-state index in [0.29, 0.717) is 28.3 Å². The van der Waals surface area contributed by atoms with Crippen LogP contribution in [0.1, 0.15) is 61.9 Å². The van der Waals surface area contributed by atoms with Crippen molar-refractivity contribution in [1.29, 1.82) is 0 Å². The Morgan fingerprint density at radius 3 is 2.39 bits per heavy atom. The van der Waals surface area contributed by atoms with Gasteiger partial charge in [0.05, 0.1) is 24.7 Å². The molecule has 10 heteroatoms. The minimum Gasteiger partial charge on any atom is -0.790 e. The van der Waals surface area contributed by atoms with E-state index in [4.69, 9.17) is 4.98 Å². The van der Waals surface area contributed by atoms with Crippen LogP contribution in [0.25, 0.3) is 11.1 Å². The van der Waals surface area contributed by atoms with Crippen LogP contribution in [0, 0.1) is 17.4 Å². The van der Waals surface area contributed by atoms with Gasteiger partial charge in [-0.3, -0.25) is 4.98 Å². The third-order valence-electron chi connectivity index (χ3n) is 4.97. The number of aliphatic carboxylic acids is 1. The molecule has 2 aromatic rings. The Morgan fingerprint density at radius 2 is 1.88 bits per heavy atom. The number of aromatic nitrogens is 1. The number of aliphatic hydroxyl groups excluding tert-OH is 1. The van der Waals surface area contributed by atoms with E-state index in [1.807, 2.05) is 19.9 Å². The number of benzene rings is 1. The summed E-state index contributed by atoms with van der Waals surface area (Å²) < 4.78 is 25.8. The molecule has 0 saturated heterocycles. The van der Waals surface area contributed by atoms with Crippen LogP contribution < -0.4 is 69.1 Å². The van der Waals surface area contributed by atoms with E-state index in [0.717, 1.165) is 18.5 Å². The van der Waals surface area contributed by atoms with E-state index in [9.17, 15) is 28.9 Å². The Hall–Kier alpha value is -0.520. The molecule has 164 valence electrons. The summed E-state index contributed by atoms with van der Waals surface area (Å²) in [7, 11) is -4.40. The molecule has 0 bridgehead atoms. The first-order valence-electron chi connectivity index (χ1n) is 10.1. The van der Waals surface area contributed by atoms with Crippen molar-refractivity contribution in [3.63, 3.8) is 0 Å². The van der Waals surface area contributed by atoms with E-state index in [-0.39, 0.29) is 70.8 Å². The first-order valence-corrected chi connectivity index (χ1v) is 11.9. The van der Waals surface area contributed by atoms with Crippen LogP contribution in [0.4, 0.5) is 4.39 Å². The molecule has 1 heterocycles. The molecule has 1 saturated carbocycles. The number of pyridine rings is 1. The maximum Gasteiger partial charge on any atom is 1.00 e. The topological polar surface area (TPSA) is 113 Å². The second-order valence-electron chi connectivity index (χ2n) is 8.11. The standard InChI is InChI=1S/C23H25FNO5P.2Na/c1-14(2)23-19(9-10-31(29,30)13-18(26)11-22(27)28)20(12-21(25-23)16-3-4-16)15-5-7-17(24)8-6-15;;/h5-8,12,14,16,18,26H,3-4,11,13H2,1-2H3,(H,27,28)(H,29,30);;/q;2*+1/p-2/t18-;;/m1../s1. The van der Waals surface area contributed by atoms with E-state index in [1.54, 1.807) is 12.1 Å². The van der Waals surface area contributed by atoms with Crippen molar-refractivity contribution >= 4 is 13.3 Å². The maximum absolute atomic E-state index is 13.5. The third-order valence-corrected chi connectivity index (χ3v) is 6.32. The average molecular weight is 489 g/mol. The van der Waals surface area contributed by atoms with Crippen LogP contribution in [0.5, 0.6) is 0 Å². The Labute approximate surface area is 237 Å². The van der Waals surface area contributed by atoms with Crippen LogP contribution in [0.15, 0.2) is 30.3 Å². The van der Waals surface area contributed by atoms with Crippen molar-refractivity contribution in [2.75, 3.05) is 6.16 Å². The van der Waals surface area contributed by atoms with Crippen molar-refractivity contribution in [3.05, 3.63) is 53.1 Å². The van der Waals surface area contributed by atoms with Crippen LogP contribution in [0.2, 0.25) is 0 Å². The molecule has 1 unspecified atom stereocenters. The summed E-state index contributed by atoms with van der Waals surface area (Å²) in [6.07, 6.45) is -1.11. The van der Waals surface area contributed by atoms with E-state index < -0.39 is 32.0 Å². The van der Waals surface area contributed by atoms with E-state index >= 15 is 0 Å². The Morgan fingerprint density at radius 1 is 1.27 bits per heavy atom. The molecule has 0 radical (unpaired) electrons. The second-order valence-corrected chi connectivity index (χ2v) is 10.0. The molecule has 1 aromatic heterocycles. The van der Waals surface area contributed by atoms with Gasteiger partial charge in [-0.25, -0.2) is 4.39 Å². The molecule has 1 N–H and O–H groups in total. The van der Waals surface area contributed by atoms with Gasteiger partial charge < -0.3 is 24.5 Å². The minimum absolute atomic E-state index is 0. The maximum atomic E-state index is 13.5. The van der Waals surface area contributed by atoms with Gasteiger partial charge in [0.2, 0.25) is 0 Å². The number of carboxylic acid groups (broad SMARTS) is 1. The van der Waals surface area contributed by atoms with Crippen molar-refractivity contribution in [1.82, 2.24) is 4.98 Å². The Bertz CT molecular complexity index is 1090. The van der Waals surface area contributed by atoms with Gasteiger partial charge in [-0.2, -0.15) is 0 Å². The zero-order valence-corrected chi connectivity index (χ0v) is 24.2. The number of carbonyl (C=O) groups excluding carboxylic acids is 1. The summed E-state index contributed by atoms with van der Waals surface area (Å²) in [5, 5.41) is 20.2. The van der Waals surface area contributed by atoms with Gasteiger partial charge in [0.15, 0.2) is 0 Å². The number of carboxylic acids is 1. The Kier molecular flexibility index (Phi) is 12.0. The second kappa shape index (κ2) is 13.0. The summed E-state index contributed by atoms with van der Waals surface area (Å²) in [4.78, 5) is 27.7. The monoisotopic (exact) mass is 489 g/mol. The van der Waals surface area contributed by atoms with Gasteiger partial charge >= 0.3 is 59.1 Å². The quantitative estimate of drug-likeness (QED) is 0.244. The molecular formula is C23H23FNNa2O5P. The predicted octanol–water partition coefficient (Wildman–Crippen LogP) is -3.66. The Balaban J connectivity index is 0.00000272. The fraction of sp³-hybridized carbons (Fsp3) is 0.391. The zero-order chi connectivity index (χ0) is 22.8. The number of halogens is 1. The molecule has 1 aliphatic rings. The molecule has 2 atom stereocenters. The summed E-state index contributed by atoms with van der Waals surface area (Å²) in [6, 6.07) is 7.75. The van der Waals surface area contributed by atoms with Gasteiger partial charge in [0, 0.05) is 35.7 Å². The SMILES string of the molecule is CC(C)c1nc(C2CC2)cc(-c2ccc(F)cc2)c1C#CP(=O)([O-])C[C@H](O)CC(=O)[O-].[Na+].[Na+]. The number of nitrogens with zero attached hydrogens (tertiary/aromatic N) is 1. The molecule has 0 amide bonds. The van der Waals surface area contributed by atoms with Gasteiger partial charge in [0.1, 0.15) is 5.82 Å². The molecule has 1 aromatic carbocycles.